The van der Waals surface area contributed by atoms with Crippen molar-refractivity contribution in [2.75, 3.05) is 11.5 Å². The topological polar surface area (TPSA) is 157 Å². The number of carbonyl (C=O) groups is 1. The van der Waals surface area contributed by atoms with Crippen LogP contribution in [0.4, 0.5) is 16.0 Å². The van der Waals surface area contributed by atoms with E-state index in [1.54, 1.807) is 0 Å². The highest BCUT2D eigenvalue weighted by atomic mass is 35.5. The number of guanidine groups is 1. The molecule has 1 amide bonds. The molecule has 1 rings (SSSR count). The fourth-order valence-corrected chi connectivity index (χ4v) is 0.790. The van der Waals surface area contributed by atoms with Crippen LogP contribution < -0.4 is 22.5 Å². The number of nitrogens with one attached hydrogen (secondary N) is 2. The van der Waals surface area contributed by atoms with Crippen LogP contribution in [0.2, 0.25) is 0 Å². The summed E-state index contributed by atoms with van der Waals surface area (Å²) < 4.78 is 12.8. The Bertz CT molecular complexity index is 437. The molecule has 1 heterocycles. The Kier molecular flexibility index (Phi) is 4.39. The fraction of sp³-hybridized carbons (Fsp3) is 0. The molecule has 0 saturated heterocycles. The fourth-order valence-electron chi connectivity index (χ4n) is 0.790. The van der Waals surface area contributed by atoms with Gasteiger partial charge in [-0.15, -0.1) is 12.4 Å². The number of nitrogens with two attached hydrogens (primary N) is 3. The second kappa shape index (κ2) is 5.07. The van der Waals surface area contributed by atoms with Crippen molar-refractivity contribution < 1.29 is 9.18 Å². The number of aromatic nitrogens is 2. The number of amides is 1. The summed E-state index contributed by atoms with van der Waals surface area (Å²) in [7, 11) is 0. The van der Waals surface area contributed by atoms with Crippen LogP contribution in [-0.2, 0) is 0 Å². The quantitative estimate of drug-likeness (QED) is 0.312. The van der Waals surface area contributed by atoms with Gasteiger partial charge < -0.3 is 17.2 Å². The molecule has 16 heavy (non-hydrogen) atoms. The molecule has 0 atom stereocenters. The Labute approximate surface area is 95.3 Å². The first kappa shape index (κ1) is 13.8. The SMILES string of the molecule is Cl.N=C(N)NC(=O)c1nc(F)c(N)nc1N. The predicted molar refractivity (Wildman–Crippen MR) is 57.4 cm³/mol. The number of nitrogens with zero attached hydrogens (tertiary/aromatic N) is 2. The zero-order chi connectivity index (χ0) is 11.6. The van der Waals surface area contributed by atoms with Crippen LogP contribution in [0.1, 0.15) is 10.5 Å². The molecule has 0 bridgehead atoms. The molecule has 1 aromatic rings. The molecule has 10 heteroatoms. The third-order valence-electron chi connectivity index (χ3n) is 1.37. The van der Waals surface area contributed by atoms with Crippen LogP contribution in [0.25, 0.3) is 0 Å². The van der Waals surface area contributed by atoms with Gasteiger partial charge >= 0.3 is 0 Å². The summed E-state index contributed by atoms with van der Waals surface area (Å²) in [4.78, 5) is 17.7. The molecular formula is C6H9ClFN7O. The molecule has 0 fully saturated rings. The zero-order valence-electron chi connectivity index (χ0n) is 7.82. The van der Waals surface area contributed by atoms with E-state index < -0.39 is 29.3 Å². The largest absolute Gasteiger partial charge is 0.382 e. The first-order valence-electron chi connectivity index (χ1n) is 3.65. The van der Waals surface area contributed by atoms with Gasteiger partial charge in [-0.25, -0.2) is 9.97 Å². The Morgan fingerprint density at radius 1 is 1.31 bits per heavy atom. The van der Waals surface area contributed by atoms with Crippen LogP contribution in [-0.4, -0.2) is 21.8 Å². The molecule has 0 spiro atoms. The van der Waals surface area contributed by atoms with Gasteiger partial charge in [0.1, 0.15) is 0 Å². The highest BCUT2D eigenvalue weighted by Crippen LogP contribution is 2.10. The highest BCUT2D eigenvalue weighted by Gasteiger charge is 2.16. The van der Waals surface area contributed by atoms with E-state index in [-0.39, 0.29) is 18.2 Å². The maximum atomic E-state index is 12.8. The van der Waals surface area contributed by atoms with Gasteiger partial charge in [0.15, 0.2) is 23.3 Å². The summed E-state index contributed by atoms with van der Waals surface area (Å²) in [5, 5.41) is 8.66. The summed E-state index contributed by atoms with van der Waals surface area (Å²) in [5.41, 5.74) is 14.8. The van der Waals surface area contributed by atoms with E-state index >= 15 is 0 Å². The van der Waals surface area contributed by atoms with Crippen molar-refractivity contribution in [3.05, 3.63) is 11.6 Å². The van der Waals surface area contributed by atoms with E-state index in [1.165, 1.54) is 0 Å². The van der Waals surface area contributed by atoms with Crippen molar-refractivity contribution in [3.8, 4) is 0 Å². The minimum atomic E-state index is -1.11. The van der Waals surface area contributed by atoms with Gasteiger partial charge in [-0.05, 0) is 0 Å². The Morgan fingerprint density at radius 2 is 1.88 bits per heavy atom. The minimum Gasteiger partial charge on any atom is -0.382 e. The lowest BCUT2D eigenvalue weighted by molar-refractivity contribution is 0.0971. The van der Waals surface area contributed by atoms with Crippen molar-refractivity contribution in [3.63, 3.8) is 0 Å². The number of anilines is 2. The molecule has 0 unspecified atom stereocenters. The predicted octanol–water partition coefficient (Wildman–Crippen LogP) is -1.17. The van der Waals surface area contributed by atoms with Crippen molar-refractivity contribution in [2.45, 2.75) is 0 Å². The smallest absolute Gasteiger partial charge is 0.280 e. The maximum absolute atomic E-state index is 12.8. The van der Waals surface area contributed by atoms with Crippen LogP contribution in [0.15, 0.2) is 0 Å². The number of nitrogen functional groups attached to an aromatic ring is 2. The molecule has 0 saturated carbocycles. The first-order valence-corrected chi connectivity index (χ1v) is 3.65. The summed E-state index contributed by atoms with van der Waals surface area (Å²) in [6.45, 7) is 0. The maximum Gasteiger partial charge on any atom is 0.280 e. The van der Waals surface area contributed by atoms with Crippen LogP contribution in [0, 0.1) is 11.4 Å². The van der Waals surface area contributed by atoms with Gasteiger partial charge in [-0.3, -0.25) is 15.5 Å². The van der Waals surface area contributed by atoms with Gasteiger partial charge in [0.25, 0.3) is 11.9 Å². The van der Waals surface area contributed by atoms with E-state index in [9.17, 15) is 9.18 Å². The van der Waals surface area contributed by atoms with E-state index in [1.807, 2.05) is 5.32 Å². The number of hydrogen-bond acceptors (Lipinski definition) is 6. The zero-order valence-corrected chi connectivity index (χ0v) is 8.64. The van der Waals surface area contributed by atoms with Crippen molar-refractivity contribution in [1.82, 2.24) is 15.3 Å². The number of halogens is 2. The van der Waals surface area contributed by atoms with E-state index in [4.69, 9.17) is 22.6 Å². The number of hydrogen-bond donors (Lipinski definition) is 5. The summed E-state index contributed by atoms with van der Waals surface area (Å²) in [5.74, 6) is -3.50. The van der Waals surface area contributed by atoms with Gasteiger partial charge in [0.05, 0.1) is 0 Å². The molecule has 1 aromatic heterocycles. The normalized spacial score (nSPS) is 9.06. The van der Waals surface area contributed by atoms with Crippen molar-refractivity contribution >= 4 is 35.9 Å². The molecule has 0 aliphatic rings. The van der Waals surface area contributed by atoms with Gasteiger partial charge in [-0.1, -0.05) is 0 Å². The standard InChI is InChI=1S/C6H8FN7O.ClH/c7-2-4(9)13-3(8)1(12-2)5(15)14-6(10)11;/h(H4,8,9,13)(H4,10,11,14,15);1H. The third-order valence-corrected chi connectivity index (χ3v) is 1.37. The Balaban J connectivity index is 0.00000225. The van der Waals surface area contributed by atoms with Gasteiger partial charge in [0, 0.05) is 0 Å². The number of rotatable bonds is 1. The summed E-state index contributed by atoms with van der Waals surface area (Å²) in [6, 6.07) is 0. The third kappa shape index (κ3) is 2.92. The molecule has 0 radical (unpaired) electrons. The molecule has 0 aliphatic heterocycles. The van der Waals surface area contributed by atoms with Crippen LogP contribution in [0.5, 0.6) is 0 Å². The lowest BCUT2D eigenvalue weighted by Crippen LogP contribution is -2.36. The summed E-state index contributed by atoms with van der Waals surface area (Å²) in [6.07, 6.45) is 0. The van der Waals surface area contributed by atoms with E-state index in [0.29, 0.717) is 0 Å². The lowest BCUT2D eigenvalue weighted by atomic mass is 10.4. The molecule has 0 aromatic carbocycles. The number of carbonyl (C=O) groups excluding carboxylic acids is 1. The average molecular weight is 250 g/mol. The molecule has 0 aliphatic carbocycles. The van der Waals surface area contributed by atoms with Crippen molar-refractivity contribution in [2.24, 2.45) is 5.73 Å². The Morgan fingerprint density at radius 3 is 2.38 bits per heavy atom. The Hall–Kier alpha value is -2.16. The van der Waals surface area contributed by atoms with Gasteiger partial charge in [-0.2, -0.15) is 4.39 Å². The van der Waals surface area contributed by atoms with E-state index in [2.05, 4.69) is 9.97 Å². The second-order valence-corrected chi connectivity index (χ2v) is 2.50. The van der Waals surface area contributed by atoms with E-state index in [0.717, 1.165) is 0 Å². The van der Waals surface area contributed by atoms with Crippen LogP contribution >= 0.6 is 12.4 Å². The summed E-state index contributed by atoms with van der Waals surface area (Å²) >= 11 is 0. The second-order valence-electron chi connectivity index (χ2n) is 2.50. The van der Waals surface area contributed by atoms with Crippen LogP contribution in [0.3, 0.4) is 0 Å². The first-order chi connectivity index (χ1) is 6.91. The highest BCUT2D eigenvalue weighted by molar-refractivity contribution is 6.05. The minimum absolute atomic E-state index is 0. The average Bonchev–Trinajstić information content (AvgIpc) is 2.09. The van der Waals surface area contributed by atoms with Gasteiger partial charge in [0.2, 0.25) is 0 Å². The van der Waals surface area contributed by atoms with Crippen molar-refractivity contribution in [1.29, 1.82) is 5.41 Å². The molecule has 8 nitrogen and oxygen atoms in total. The monoisotopic (exact) mass is 249 g/mol. The molecule has 88 valence electrons. The molecule has 8 N–H and O–H groups in total. The lowest BCUT2D eigenvalue weighted by Gasteiger charge is -2.05. The molecular weight excluding hydrogens is 241 g/mol.